The summed E-state index contributed by atoms with van der Waals surface area (Å²) in [5.74, 6) is 6.08. The van der Waals surface area contributed by atoms with Crippen molar-refractivity contribution in [1.82, 2.24) is 19.4 Å². The van der Waals surface area contributed by atoms with Crippen molar-refractivity contribution in [2.75, 3.05) is 26.2 Å². The smallest absolute Gasteiger partial charge is 0.333 e. The van der Waals surface area contributed by atoms with Gasteiger partial charge in [0.05, 0.1) is 29.8 Å². The maximum atomic E-state index is 11.8. The molecule has 0 spiro atoms. The Kier molecular flexibility index (Phi) is 9.89. The van der Waals surface area contributed by atoms with Crippen molar-refractivity contribution in [2.45, 2.75) is 58.5 Å². The zero-order chi connectivity index (χ0) is 28.7. The van der Waals surface area contributed by atoms with Crippen LogP contribution in [0.4, 0.5) is 0 Å². The van der Waals surface area contributed by atoms with Gasteiger partial charge in [-0.1, -0.05) is 56.0 Å². The minimum absolute atomic E-state index is 0.262. The Bertz CT molecular complexity index is 1480. The third-order valence-corrected chi connectivity index (χ3v) is 7.27. The number of carbonyl (C=O) groups excluding carboxylic acids is 1. The molecule has 12 heteroatoms. The zero-order valence-corrected chi connectivity index (χ0v) is 23.8. The van der Waals surface area contributed by atoms with Crippen LogP contribution in [0.5, 0.6) is 0 Å². The Morgan fingerprint density at radius 1 is 1.20 bits per heavy atom. The van der Waals surface area contributed by atoms with Gasteiger partial charge >= 0.3 is 16.3 Å². The molecule has 0 unspecified atom stereocenters. The van der Waals surface area contributed by atoms with Gasteiger partial charge in [-0.05, 0) is 31.5 Å². The van der Waals surface area contributed by atoms with Crippen LogP contribution < -0.4 is 5.14 Å². The fourth-order valence-corrected chi connectivity index (χ4v) is 5.10. The molecule has 40 heavy (non-hydrogen) atoms. The van der Waals surface area contributed by atoms with E-state index in [1.54, 1.807) is 0 Å². The predicted octanol–water partition coefficient (Wildman–Crippen LogP) is 2.35. The van der Waals surface area contributed by atoms with Crippen LogP contribution in [0.1, 0.15) is 50.2 Å². The van der Waals surface area contributed by atoms with E-state index in [9.17, 15) is 13.2 Å². The Morgan fingerprint density at radius 2 is 1.95 bits per heavy atom. The van der Waals surface area contributed by atoms with Gasteiger partial charge in [0, 0.05) is 19.5 Å². The molecule has 0 radical (unpaired) electrons. The lowest BCUT2D eigenvalue weighted by atomic mass is 10.1. The number of rotatable bonds is 11. The van der Waals surface area contributed by atoms with Crippen LogP contribution in [0.3, 0.4) is 0 Å². The van der Waals surface area contributed by atoms with E-state index in [2.05, 4.69) is 52.7 Å². The Labute approximate surface area is 234 Å². The van der Waals surface area contributed by atoms with Crippen LogP contribution in [0.25, 0.3) is 11.0 Å². The maximum Gasteiger partial charge on any atom is 0.333 e. The largest absolute Gasteiger partial charge is 0.460 e. The standard InChI is InChI=1S/C28H35N5O6S/c1-4-32(5-2)15-9-12-22-17-33(26-16-24(38-20(3)34)25(39-26)18-37-40(29,35)36)28-27(22)23(30-19-31-28)14-13-21-10-7-6-8-11-21/h6-8,10-11,17,19,24-26H,4-5,13-16,18H2,1-3H3,(H2,29,35,36)/t24-,25+,26+/m0/s1. The highest BCUT2D eigenvalue weighted by Crippen LogP contribution is 2.35. The minimum Gasteiger partial charge on any atom is -0.460 e. The molecule has 4 rings (SSSR count). The van der Waals surface area contributed by atoms with Crippen molar-refractivity contribution in [3.05, 3.63) is 59.7 Å². The molecule has 1 saturated heterocycles. The van der Waals surface area contributed by atoms with Crippen LogP contribution in [0.15, 0.2) is 42.9 Å². The Morgan fingerprint density at radius 3 is 2.62 bits per heavy atom. The van der Waals surface area contributed by atoms with Crippen molar-refractivity contribution < 1.29 is 26.9 Å². The molecule has 1 aromatic carbocycles. The molecule has 0 saturated carbocycles. The molecular weight excluding hydrogens is 534 g/mol. The summed E-state index contributed by atoms with van der Waals surface area (Å²) < 4.78 is 41.0. The maximum absolute atomic E-state index is 11.8. The lowest BCUT2D eigenvalue weighted by molar-refractivity contribution is -0.150. The summed E-state index contributed by atoms with van der Waals surface area (Å²) in [7, 11) is -4.20. The van der Waals surface area contributed by atoms with Gasteiger partial charge in [-0.25, -0.2) is 15.1 Å². The second-order valence-corrected chi connectivity index (χ2v) is 10.7. The first-order valence-corrected chi connectivity index (χ1v) is 14.7. The zero-order valence-electron chi connectivity index (χ0n) is 22.9. The summed E-state index contributed by atoms with van der Waals surface area (Å²) in [6.07, 6.45) is 2.94. The first-order valence-electron chi connectivity index (χ1n) is 13.3. The lowest BCUT2D eigenvalue weighted by Crippen LogP contribution is -2.32. The van der Waals surface area contributed by atoms with E-state index in [0.717, 1.165) is 36.2 Å². The first kappa shape index (κ1) is 29.6. The monoisotopic (exact) mass is 569 g/mol. The van der Waals surface area contributed by atoms with Crippen LogP contribution in [0.2, 0.25) is 0 Å². The van der Waals surface area contributed by atoms with Crippen molar-refractivity contribution in [2.24, 2.45) is 5.14 Å². The van der Waals surface area contributed by atoms with Crippen molar-refractivity contribution >= 4 is 27.3 Å². The van der Waals surface area contributed by atoms with Crippen molar-refractivity contribution in [1.29, 1.82) is 0 Å². The van der Waals surface area contributed by atoms with Crippen LogP contribution >= 0.6 is 0 Å². The van der Waals surface area contributed by atoms with Crippen LogP contribution in [0, 0.1) is 11.8 Å². The van der Waals surface area contributed by atoms with Gasteiger partial charge in [0.25, 0.3) is 0 Å². The Hall–Kier alpha value is -3.34. The normalized spacial score (nSPS) is 19.1. The van der Waals surface area contributed by atoms with E-state index in [1.807, 2.05) is 29.0 Å². The van der Waals surface area contributed by atoms with Gasteiger partial charge in [-0.3, -0.25) is 13.9 Å². The molecule has 214 valence electrons. The lowest BCUT2D eigenvalue weighted by Gasteiger charge is -2.17. The number of aryl methyl sites for hydroxylation is 2. The van der Waals surface area contributed by atoms with Crippen LogP contribution in [-0.4, -0.2) is 72.3 Å². The molecule has 3 heterocycles. The molecule has 0 aliphatic carbocycles. The number of ether oxygens (including phenoxy) is 2. The number of fused-ring (bicyclic) bond motifs is 1. The van der Waals surface area contributed by atoms with E-state index in [4.69, 9.17) is 18.8 Å². The molecular formula is C28H35N5O6S. The SMILES string of the molecule is CCN(CC)CC#Cc1cn([C@H]2C[C@H](OC(C)=O)[C@@H](COS(N)(=O)=O)O2)c2ncnc(CCc3ccccc3)c12. The minimum atomic E-state index is -4.20. The van der Waals surface area contributed by atoms with Crippen LogP contribution in [-0.2, 0) is 41.6 Å². The van der Waals surface area contributed by atoms with Crippen molar-refractivity contribution in [3.63, 3.8) is 0 Å². The van der Waals surface area contributed by atoms with Gasteiger partial charge in [-0.15, -0.1) is 0 Å². The number of carbonyl (C=O) groups is 1. The molecule has 0 amide bonds. The second kappa shape index (κ2) is 13.3. The first-order chi connectivity index (χ1) is 19.2. The molecule has 3 atom stereocenters. The summed E-state index contributed by atoms with van der Waals surface area (Å²) in [4.78, 5) is 23.2. The number of nitrogens with two attached hydrogens (primary N) is 1. The number of hydrogen-bond acceptors (Lipinski definition) is 9. The predicted molar refractivity (Wildman–Crippen MR) is 149 cm³/mol. The quantitative estimate of drug-likeness (QED) is 0.272. The fraction of sp³-hybridized carbons (Fsp3) is 0.464. The number of benzene rings is 1. The summed E-state index contributed by atoms with van der Waals surface area (Å²) >= 11 is 0. The topological polar surface area (TPSA) is 139 Å². The third-order valence-electron chi connectivity index (χ3n) is 6.81. The molecule has 1 aliphatic rings. The van der Waals surface area contributed by atoms with E-state index in [-0.39, 0.29) is 13.0 Å². The number of aromatic nitrogens is 3. The molecule has 2 N–H and O–H groups in total. The highest BCUT2D eigenvalue weighted by molar-refractivity contribution is 7.84. The van der Waals surface area contributed by atoms with Crippen molar-refractivity contribution in [3.8, 4) is 11.8 Å². The second-order valence-electron chi connectivity index (χ2n) is 9.51. The molecule has 2 aromatic heterocycles. The third kappa shape index (κ3) is 7.65. The average Bonchev–Trinajstić information content (AvgIpc) is 3.50. The summed E-state index contributed by atoms with van der Waals surface area (Å²) in [6, 6.07) is 10.2. The molecule has 3 aromatic rings. The summed E-state index contributed by atoms with van der Waals surface area (Å²) in [5.41, 5.74) is 3.46. The highest BCUT2D eigenvalue weighted by Gasteiger charge is 2.40. The van der Waals surface area contributed by atoms with E-state index in [1.165, 1.54) is 18.8 Å². The summed E-state index contributed by atoms with van der Waals surface area (Å²) in [5, 5.41) is 5.84. The fourth-order valence-electron chi connectivity index (χ4n) is 4.77. The molecule has 1 aliphatic heterocycles. The highest BCUT2D eigenvalue weighted by atomic mass is 32.2. The van der Waals surface area contributed by atoms with Gasteiger partial charge in [0.1, 0.15) is 30.4 Å². The number of nitrogens with zero attached hydrogens (tertiary/aromatic N) is 4. The molecule has 0 bridgehead atoms. The van der Waals surface area contributed by atoms with Gasteiger partial charge in [-0.2, -0.15) is 8.42 Å². The van der Waals surface area contributed by atoms with Gasteiger partial charge in [0.15, 0.2) is 0 Å². The molecule has 1 fully saturated rings. The van der Waals surface area contributed by atoms with E-state index < -0.39 is 34.7 Å². The van der Waals surface area contributed by atoms with E-state index >= 15 is 0 Å². The number of esters is 1. The number of hydrogen-bond donors (Lipinski definition) is 1. The van der Waals surface area contributed by atoms with Gasteiger partial charge in [0.2, 0.25) is 0 Å². The average molecular weight is 570 g/mol. The summed E-state index contributed by atoms with van der Waals surface area (Å²) in [6.45, 7) is 7.50. The van der Waals surface area contributed by atoms with E-state index in [0.29, 0.717) is 18.6 Å². The van der Waals surface area contributed by atoms with Gasteiger partial charge < -0.3 is 14.0 Å². The molecule has 11 nitrogen and oxygen atoms in total. The Balaban J connectivity index is 1.70.